The number of rotatable bonds is 11. The molecule has 0 saturated heterocycles. The molecule has 16 nitrogen and oxygen atoms in total. The Morgan fingerprint density at radius 2 is 0.909 bits per heavy atom. The molecular weight excluding hydrogens is 632 g/mol. The van der Waals surface area contributed by atoms with Crippen LogP contribution in [0.3, 0.4) is 0 Å². The number of carboxylic acids is 4. The largest absolute Gasteiger partial charge is 1.00 e. The standard InChI is InChI=1S/C14H8O4.C10H16N2O8.4Na.2H2O/c15-10-6-5-9-11(14(10)18)13(17)8-4-2-1-3-7(8)12(9)16;13-7(14)3-11(4-8(15)16)1-2-12(5-9(17)18)6-10(19)20;;;;;;/h1-6,15,18H;1-6H2,(H,13,14)(H,15,16)(H,17,18)(H,19,20);;;;;2*1H2/q;;4*+1;;/p-4. The monoisotopic (exact) mass is 656 g/mol. The van der Waals surface area contributed by atoms with Crippen molar-refractivity contribution in [1.82, 2.24) is 9.80 Å². The molecule has 0 spiro atoms. The van der Waals surface area contributed by atoms with Crippen molar-refractivity contribution in [3.05, 3.63) is 58.7 Å². The Morgan fingerprint density at radius 3 is 1.25 bits per heavy atom. The van der Waals surface area contributed by atoms with Gasteiger partial charge in [-0.25, -0.2) is 0 Å². The second kappa shape index (κ2) is 25.2. The van der Waals surface area contributed by atoms with Gasteiger partial charge in [-0.05, 0) is 12.1 Å². The van der Waals surface area contributed by atoms with Crippen LogP contribution in [0.15, 0.2) is 36.4 Å². The van der Waals surface area contributed by atoms with Crippen molar-refractivity contribution < 1.29 is 189 Å². The molecule has 0 radical (unpaired) electrons. The van der Waals surface area contributed by atoms with Crippen molar-refractivity contribution in [2.45, 2.75) is 0 Å². The van der Waals surface area contributed by atoms with E-state index >= 15 is 0 Å². The molecule has 0 amide bonds. The molecule has 1 aliphatic carbocycles. The number of carboxylic acid groups (broad SMARTS) is 4. The number of hydrogen-bond acceptors (Lipinski definition) is 14. The molecule has 0 atom stereocenters. The molecule has 0 fully saturated rings. The van der Waals surface area contributed by atoms with Crippen LogP contribution in [0, 0.1) is 0 Å². The summed E-state index contributed by atoms with van der Waals surface area (Å²) in [6, 6.07) is 8.97. The number of nitrogens with zero attached hydrogens (tertiary/aromatic N) is 2. The van der Waals surface area contributed by atoms with E-state index < -0.39 is 67.3 Å². The van der Waals surface area contributed by atoms with E-state index in [1.807, 2.05) is 0 Å². The molecule has 0 aliphatic heterocycles. The van der Waals surface area contributed by atoms with Crippen LogP contribution in [0.2, 0.25) is 0 Å². The molecule has 1 aliphatic rings. The van der Waals surface area contributed by atoms with Gasteiger partial charge in [-0.15, -0.1) is 0 Å². The summed E-state index contributed by atoms with van der Waals surface area (Å²) in [4.78, 5) is 67.8. The van der Waals surface area contributed by atoms with Crippen molar-refractivity contribution in [2.75, 3.05) is 39.3 Å². The summed E-state index contributed by atoms with van der Waals surface area (Å²) >= 11 is 0. The van der Waals surface area contributed by atoms with Gasteiger partial charge < -0.3 is 60.8 Å². The predicted octanol–water partition coefficient (Wildman–Crippen LogP) is -19.2. The van der Waals surface area contributed by atoms with Gasteiger partial charge in [0.25, 0.3) is 0 Å². The second-order valence-corrected chi connectivity index (χ2v) is 7.97. The smallest absolute Gasteiger partial charge is 0.549 e. The Balaban J connectivity index is -0.000000203. The summed E-state index contributed by atoms with van der Waals surface area (Å²) < 4.78 is 0. The summed E-state index contributed by atoms with van der Waals surface area (Å²) in [5.41, 5.74) is 0.559. The Labute approximate surface area is 339 Å². The van der Waals surface area contributed by atoms with Gasteiger partial charge in [0.05, 0.1) is 29.4 Å². The molecule has 2 aromatic rings. The van der Waals surface area contributed by atoms with Gasteiger partial charge >= 0.3 is 118 Å². The van der Waals surface area contributed by atoms with Crippen LogP contribution >= 0.6 is 0 Å². The Hall–Kier alpha value is -0.900. The number of phenolic OH excluding ortho intramolecular Hbond substituents is 2. The molecule has 0 saturated carbocycles. The third kappa shape index (κ3) is 16.1. The molecule has 2 aromatic carbocycles. The van der Waals surface area contributed by atoms with Crippen molar-refractivity contribution in [1.29, 1.82) is 0 Å². The van der Waals surface area contributed by atoms with Gasteiger partial charge in [-0.1, -0.05) is 24.3 Å². The number of hydrogen-bond donors (Lipinski definition) is 2. The average Bonchev–Trinajstić information content (AvgIpc) is 2.81. The zero-order valence-electron chi connectivity index (χ0n) is 24.6. The first-order valence-corrected chi connectivity index (χ1v) is 10.8. The third-order valence-corrected chi connectivity index (χ3v) is 5.19. The topological polar surface area (TPSA) is 305 Å². The van der Waals surface area contributed by atoms with Crippen molar-refractivity contribution >= 4 is 35.4 Å². The van der Waals surface area contributed by atoms with Crippen LogP contribution in [0.25, 0.3) is 0 Å². The number of aromatic hydroxyl groups is 2. The fourth-order valence-corrected chi connectivity index (χ4v) is 3.60. The van der Waals surface area contributed by atoms with E-state index in [4.69, 9.17) is 0 Å². The maximum Gasteiger partial charge on any atom is 1.00 e. The normalized spacial score (nSPS) is 10.2. The van der Waals surface area contributed by atoms with E-state index in [0.29, 0.717) is 5.56 Å². The van der Waals surface area contributed by atoms with E-state index in [0.717, 1.165) is 9.80 Å². The minimum absolute atomic E-state index is 0. The number of carbonyl (C=O) groups is 6. The van der Waals surface area contributed by atoms with E-state index in [2.05, 4.69) is 0 Å². The Bertz CT molecular complexity index is 1230. The number of ketones is 2. The van der Waals surface area contributed by atoms with Gasteiger partial charge in [0.2, 0.25) is 0 Å². The van der Waals surface area contributed by atoms with Gasteiger partial charge in [0.15, 0.2) is 23.1 Å². The maximum atomic E-state index is 12.2. The summed E-state index contributed by atoms with van der Waals surface area (Å²) in [6.45, 7) is -3.25. The fourth-order valence-electron chi connectivity index (χ4n) is 3.60. The number of fused-ring (bicyclic) bond motifs is 2. The number of phenols is 2. The second-order valence-electron chi connectivity index (χ2n) is 7.97. The summed E-state index contributed by atoms with van der Waals surface area (Å²) in [7, 11) is 0. The Kier molecular flexibility index (Phi) is 30.2. The van der Waals surface area contributed by atoms with Crippen LogP contribution in [0.1, 0.15) is 31.8 Å². The SMILES string of the molecule is O.O.O=C([O-])CN(CCN(CC(=O)[O-])CC(=O)[O-])CC(=O)[O-].O=C1c2ccccc2C(=O)c2c1ccc(O)c2O.[Na+].[Na+].[Na+].[Na+]. The minimum atomic E-state index is -1.53. The molecular formula is C24H24N2Na4O14. The molecule has 0 unspecified atom stereocenters. The molecule has 0 bridgehead atoms. The molecule has 0 aromatic heterocycles. The molecule has 0 heterocycles. The van der Waals surface area contributed by atoms with Gasteiger partial charge in [-0.2, -0.15) is 0 Å². The first-order valence-electron chi connectivity index (χ1n) is 10.8. The Morgan fingerprint density at radius 1 is 0.568 bits per heavy atom. The van der Waals surface area contributed by atoms with Crippen molar-refractivity contribution in [3.8, 4) is 11.5 Å². The quantitative estimate of drug-likeness (QED) is 0.143. The van der Waals surface area contributed by atoms with E-state index in [1.165, 1.54) is 18.2 Å². The summed E-state index contributed by atoms with van der Waals surface area (Å²) in [5, 5.41) is 60.8. The van der Waals surface area contributed by atoms with E-state index in [1.54, 1.807) is 18.2 Å². The number of carbonyl (C=O) groups excluding carboxylic acids is 6. The number of aliphatic carboxylic acids is 4. The molecule has 44 heavy (non-hydrogen) atoms. The van der Waals surface area contributed by atoms with Crippen molar-refractivity contribution in [2.24, 2.45) is 0 Å². The van der Waals surface area contributed by atoms with Crippen LogP contribution in [0.5, 0.6) is 11.5 Å². The first-order chi connectivity index (χ1) is 17.8. The molecule has 6 N–H and O–H groups in total. The van der Waals surface area contributed by atoms with Crippen LogP contribution < -0.4 is 139 Å². The average molecular weight is 656 g/mol. The molecule has 218 valence electrons. The zero-order chi connectivity index (χ0) is 28.6. The maximum absolute atomic E-state index is 12.2. The van der Waals surface area contributed by atoms with Gasteiger partial charge in [0.1, 0.15) is 0 Å². The fraction of sp³-hybridized carbons (Fsp3) is 0.250. The summed E-state index contributed by atoms with van der Waals surface area (Å²) in [5.74, 6) is -7.84. The van der Waals surface area contributed by atoms with Crippen LogP contribution in [-0.2, 0) is 19.2 Å². The first kappa shape index (κ1) is 52.6. The van der Waals surface area contributed by atoms with Crippen LogP contribution in [-0.4, -0.2) is 106 Å². The third-order valence-electron chi connectivity index (χ3n) is 5.19. The summed E-state index contributed by atoms with van der Waals surface area (Å²) in [6.07, 6.45) is 0. The number of benzene rings is 2. The van der Waals surface area contributed by atoms with Crippen molar-refractivity contribution in [3.63, 3.8) is 0 Å². The van der Waals surface area contributed by atoms with E-state index in [-0.39, 0.29) is 165 Å². The predicted molar refractivity (Wildman–Crippen MR) is 123 cm³/mol. The zero-order valence-corrected chi connectivity index (χ0v) is 32.6. The molecule has 20 heteroatoms. The van der Waals surface area contributed by atoms with Gasteiger partial charge in [-0.3, -0.25) is 19.4 Å². The molecule has 3 rings (SSSR count). The van der Waals surface area contributed by atoms with Gasteiger partial charge in [0, 0.05) is 56.0 Å². The van der Waals surface area contributed by atoms with E-state index in [9.17, 15) is 59.4 Å². The van der Waals surface area contributed by atoms with Crippen LogP contribution in [0.4, 0.5) is 0 Å². The minimum Gasteiger partial charge on any atom is -0.549 e.